The van der Waals surface area contributed by atoms with Crippen molar-refractivity contribution in [3.8, 4) is 5.75 Å². The lowest BCUT2D eigenvalue weighted by molar-refractivity contribution is -0.422. The Bertz CT molecular complexity index is 696. The van der Waals surface area contributed by atoms with E-state index in [-0.39, 0.29) is 0 Å². The van der Waals surface area contributed by atoms with Gasteiger partial charge in [-0.25, -0.2) is 4.79 Å². The number of phenolic OH excluding ortho intramolecular Hbond substituents is 1. The molecule has 0 saturated carbocycles. The first-order valence-corrected chi connectivity index (χ1v) is 4.00. The smallest absolute Gasteiger partial charge is 0.502 e. The van der Waals surface area contributed by atoms with Gasteiger partial charge < -0.3 is 13.9 Å². The molecule has 0 spiro atoms. The van der Waals surface area contributed by atoms with Crippen molar-refractivity contribution in [2.75, 3.05) is 0 Å². The molecule has 0 radical (unpaired) electrons. The van der Waals surface area contributed by atoms with Gasteiger partial charge in [0.05, 0.1) is 9.85 Å². The van der Waals surface area contributed by atoms with Gasteiger partial charge in [-0.2, -0.15) is 0 Å². The van der Waals surface area contributed by atoms with Gasteiger partial charge in [0.2, 0.25) is 5.75 Å². The number of nitro benzene ring substituents is 2. The molecular formula is C7H2N2O8. The average Bonchev–Trinajstić information content (AvgIpc) is 2.54. The van der Waals surface area contributed by atoms with Gasteiger partial charge in [0, 0.05) is 6.07 Å². The van der Waals surface area contributed by atoms with Crippen molar-refractivity contribution >= 4 is 22.5 Å². The maximum atomic E-state index is 10.7. The van der Waals surface area contributed by atoms with E-state index in [0.29, 0.717) is 6.07 Å². The summed E-state index contributed by atoms with van der Waals surface area (Å²) in [6.45, 7) is 0. The summed E-state index contributed by atoms with van der Waals surface area (Å²) in [6.07, 6.45) is 0. The lowest BCUT2D eigenvalue weighted by Gasteiger charge is -1.96. The summed E-state index contributed by atoms with van der Waals surface area (Å²) >= 11 is 0. The molecule has 0 fully saturated rings. The van der Waals surface area contributed by atoms with Crippen molar-refractivity contribution in [1.29, 1.82) is 0 Å². The summed E-state index contributed by atoms with van der Waals surface area (Å²) in [4.78, 5) is 29.7. The van der Waals surface area contributed by atoms with Crippen LogP contribution >= 0.6 is 0 Å². The predicted molar refractivity (Wildman–Crippen MR) is 49.7 cm³/mol. The minimum absolute atomic E-state index is 0.440. The van der Waals surface area contributed by atoms with Crippen molar-refractivity contribution in [2.45, 2.75) is 0 Å². The van der Waals surface area contributed by atoms with Gasteiger partial charge in [-0.1, -0.05) is 0 Å². The largest absolute Gasteiger partial charge is 0.519 e. The predicted octanol–water partition coefficient (Wildman–Crippen LogP) is 0.908. The van der Waals surface area contributed by atoms with E-state index in [9.17, 15) is 30.1 Å². The van der Waals surface area contributed by atoms with Gasteiger partial charge in [-0.3, -0.25) is 20.2 Å². The maximum absolute atomic E-state index is 10.7. The molecule has 0 aliphatic rings. The number of rotatable bonds is 2. The Kier molecular flexibility index (Phi) is 2.06. The lowest BCUT2D eigenvalue weighted by atomic mass is 10.2. The minimum Gasteiger partial charge on any atom is -0.502 e. The van der Waals surface area contributed by atoms with Crippen LogP contribution < -0.4 is 5.82 Å². The van der Waals surface area contributed by atoms with Crippen LogP contribution in [0, 0.1) is 20.2 Å². The standard InChI is InChI=1S/C7H2N2O8/c10-2-1-3-6(17-7(11)16-3)5(9(14)15)4(2)8(12)13/h1,10H. The molecule has 0 bridgehead atoms. The summed E-state index contributed by atoms with van der Waals surface area (Å²) in [5, 5.41) is 30.5. The molecule has 0 saturated heterocycles. The Morgan fingerprint density at radius 3 is 2.24 bits per heavy atom. The minimum atomic E-state index is -1.26. The molecule has 0 unspecified atom stereocenters. The van der Waals surface area contributed by atoms with Gasteiger partial charge in [0.1, 0.15) is 0 Å². The number of benzene rings is 1. The number of nitro groups is 2. The highest BCUT2D eigenvalue weighted by Crippen LogP contribution is 2.41. The fourth-order valence-corrected chi connectivity index (χ4v) is 1.32. The number of hydrogen-bond acceptors (Lipinski definition) is 8. The zero-order chi connectivity index (χ0) is 12.7. The SMILES string of the molecule is O=c1oc2cc(O)c([N+](=O)[O-])c([N+](=O)[O-])c2o1. The van der Waals surface area contributed by atoms with Crippen molar-refractivity contribution in [2.24, 2.45) is 0 Å². The number of fused-ring (bicyclic) bond motifs is 1. The molecule has 10 nitrogen and oxygen atoms in total. The Labute approximate surface area is 90.0 Å². The molecule has 2 aromatic rings. The number of aromatic hydroxyl groups is 1. The monoisotopic (exact) mass is 242 g/mol. The average molecular weight is 242 g/mol. The maximum Gasteiger partial charge on any atom is 0.519 e. The molecule has 0 aliphatic heterocycles. The van der Waals surface area contributed by atoms with Crippen molar-refractivity contribution in [3.63, 3.8) is 0 Å². The molecule has 88 valence electrons. The summed E-state index contributed by atoms with van der Waals surface area (Å²) in [5.41, 5.74) is -3.42. The van der Waals surface area contributed by atoms with Gasteiger partial charge >= 0.3 is 17.2 Å². The lowest BCUT2D eigenvalue weighted by Crippen LogP contribution is -1.97. The van der Waals surface area contributed by atoms with E-state index in [0.717, 1.165) is 0 Å². The van der Waals surface area contributed by atoms with Crippen LogP contribution in [0.1, 0.15) is 0 Å². The first kappa shape index (κ1) is 10.6. The van der Waals surface area contributed by atoms with Crippen molar-refractivity contribution in [1.82, 2.24) is 0 Å². The quantitative estimate of drug-likeness (QED) is 0.602. The highest BCUT2D eigenvalue weighted by Gasteiger charge is 2.36. The summed E-state index contributed by atoms with van der Waals surface area (Å²) < 4.78 is 8.69. The third kappa shape index (κ3) is 1.47. The van der Waals surface area contributed by atoms with Crippen molar-refractivity contribution < 1.29 is 23.8 Å². The van der Waals surface area contributed by atoms with E-state index < -0.39 is 44.0 Å². The zero-order valence-corrected chi connectivity index (χ0v) is 7.78. The third-order valence-corrected chi connectivity index (χ3v) is 1.92. The van der Waals surface area contributed by atoms with E-state index >= 15 is 0 Å². The van der Waals surface area contributed by atoms with Gasteiger partial charge in [0.15, 0.2) is 5.58 Å². The van der Waals surface area contributed by atoms with Gasteiger partial charge in [-0.05, 0) is 0 Å². The second kappa shape index (κ2) is 3.30. The van der Waals surface area contributed by atoms with E-state index in [4.69, 9.17) is 0 Å². The fourth-order valence-electron chi connectivity index (χ4n) is 1.32. The van der Waals surface area contributed by atoms with E-state index in [1.807, 2.05) is 0 Å². The molecule has 0 atom stereocenters. The molecular weight excluding hydrogens is 240 g/mol. The zero-order valence-electron chi connectivity index (χ0n) is 7.78. The van der Waals surface area contributed by atoms with E-state index in [2.05, 4.69) is 8.83 Å². The molecule has 1 N–H and O–H groups in total. The fraction of sp³-hybridized carbons (Fsp3) is 0. The van der Waals surface area contributed by atoms with Crippen LogP contribution in [0.2, 0.25) is 0 Å². The Morgan fingerprint density at radius 2 is 1.71 bits per heavy atom. The van der Waals surface area contributed by atoms with E-state index in [1.165, 1.54) is 0 Å². The van der Waals surface area contributed by atoms with Gasteiger partial charge in [-0.15, -0.1) is 0 Å². The molecule has 10 heteroatoms. The highest BCUT2D eigenvalue weighted by atomic mass is 16.6. The number of nitrogens with zero attached hydrogens (tertiary/aromatic N) is 2. The van der Waals surface area contributed by atoms with Crippen LogP contribution in [0.3, 0.4) is 0 Å². The molecule has 1 aromatic carbocycles. The van der Waals surface area contributed by atoms with Crippen LogP contribution in [0.5, 0.6) is 5.75 Å². The number of hydrogen-bond donors (Lipinski definition) is 1. The Balaban J connectivity index is 3.03. The highest BCUT2D eigenvalue weighted by molar-refractivity contribution is 5.89. The van der Waals surface area contributed by atoms with Crippen LogP contribution in [0.4, 0.5) is 11.4 Å². The second-order valence-electron chi connectivity index (χ2n) is 2.89. The summed E-state index contributed by atoms with van der Waals surface area (Å²) in [7, 11) is 0. The van der Waals surface area contributed by atoms with Crippen LogP contribution in [0.25, 0.3) is 11.2 Å². The molecule has 0 amide bonds. The second-order valence-corrected chi connectivity index (χ2v) is 2.89. The number of phenols is 1. The molecule has 0 aliphatic carbocycles. The van der Waals surface area contributed by atoms with Crippen LogP contribution in [-0.4, -0.2) is 15.0 Å². The normalized spacial score (nSPS) is 10.6. The third-order valence-electron chi connectivity index (χ3n) is 1.92. The van der Waals surface area contributed by atoms with E-state index in [1.54, 1.807) is 0 Å². The summed E-state index contributed by atoms with van der Waals surface area (Å²) in [5.74, 6) is -2.25. The Hall–Kier alpha value is -2.91. The first-order valence-electron chi connectivity index (χ1n) is 4.00. The Morgan fingerprint density at radius 1 is 1.12 bits per heavy atom. The molecule has 2 rings (SSSR count). The molecule has 1 heterocycles. The summed E-state index contributed by atoms with van der Waals surface area (Å²) in [6, 6.07) is 0.700. The first-order chi connectivity index (χ1) is 7.91. The molecule has 17 heavy (non-hydrogen) atoms. The van der Waals surface area contributed by atoms with Crippen molar-refractivity contribution in [3.05, 3.63) is 36.9 Å². The van der Waals surface area contributed by atoms with Crippen LogP contribution in [0.15, 0.2) is 19.7 Å². The van der Waals surface area contributed by atoms with Gasteiger partial charge in [0.25, 0.3) is 5.58 Å². The van der Waals surface area contributed by atoms with Crippen LogP contribution in [-0.2, 0) is 0 Å². The molecule has 1 aromatic heterocycles. The topological polar surface area (TPSA) is 150 Å².